The number of nitrogens with two attached hydrogens (primary N) is 2. The van der Waals surface area contributed by atoms with E-state index < -0.39 is 53.6 Å². The van der Waals surface area contributed by atoms with Crippen molar-refractivity contribution in [3.63, 3.8) is 0 Å². The summed E-state index contributed by atoms with van der Waals surface area (Å²) in [6, 6.07) is -1.53. The summed E-state index contributed by atoms with van der Waals surface area (Å²) in [6.45, 7) is 1.79. The van der Waals surface area contributed by atoms with Gasteiger partial charge >= 0.3 is 11.9 Å². The summed E-state index contributed by atoms with van der Waals surface area (Å²) < 4.78 is 5.64. The van der Waals surface area contributed by atoms with E-state index in [1.165, 1.54) is 17.9 Å². The highest BCUT2D eigenvalue weighted by atomic mass is 16.4. The van der Waals surface area contributed by atoms with E-state index in [0.717, 1.165) is 11.0 Å². The van der Waals surface area contributed by atoms with Gasteiger partial charge in [0, 0.05) is 25.1 Å². The van der Waals surface area contributed by atoms with Crippen molar-refractivity contribution in [1.29, 1.82) is 5.41 Å². The Morgan fingerprint density at radius 3 is 2.53 bits per heavy atom. The minimum atomic E-state index is -1.21. The molecule has 0 bridgehead atoms. The van der Waals surface area contributed by atoms with E-state index in [9.17, 15) is 29.1 Å². The predicted molar refractivity (Wildman–Crippen MR) is 133 cm³/mol. The van der Waals surface area contributed by atoms with Gasteiger partial charge < -0.3 is 31.0 Å². The number of nitrogens with one attached hydrogen (secondary N) is 1. The Morgan fingerprint density at radius 2 is 1.92 bits per heavy atom. The second-order valence-corrected chi connectivity index (χ2v) is 9.57. The van der Waals surface area contributed by atoms with E-state index in [0.29, 0.717) is 44.1 Å². The fraction of sp³-hybridized carbons (Fsp3) is 0.520. The number of likely N-dealkylation sites (tertiary alicyclic amines) is 1. The zero-order valence-corrected chi connectivity index (χ0v) is 21.1. The highest BCUT2D eigenvalue weighted by molar-refractivity contribution is 6.08. The number of nitrogens with zero attached hydrogens (tertiary/aromatic N) is 2. The fourth-order valence-corrected chi connectivity index (χ4v) is 5.03. The third-order valence-corrected chi connectivity index (χ3v) is 6.78. The average molecular weight is 532 g/mol. The van der Waals surface area contributed by atoms with Crippen molar-refractivity contribution < 1.29 is 38.6 Å². The number of amides is 3. The number of amidine groups is 1. The third kappa shape index (κ3) is 6.28. The van der Waals surface area contributed by atoms with Crippen LogP contribution in [0.1, 0.15) is 73.7 Å². The Hall–Kier alpha value is -4.00. The number of imide groups is 1. The van der Waals surface area contributed by atoms with Crippen LogP contribution in [0.25, 0.3) is 0 Å². The first-order valence-electron chi connectivity index (χ1n) is 12.5. The number of furan rings is 1. The second kappa shape index (κ2) is 12.0. The number of carbonyl (C=O) groups excluding carboxylic acids is 3. The maximum Gasteiger partial charge on any atom is 0.328 e. The van der Waals surface area contributed by atoms with Crippen molar-refractivity contribution in [3.05, 3.63) is 34.8 Å². The number of nitrogen functional groups attached to an aromatic ring is 1. The third-order valence-electron chi connectivity index (χ3n) is 6.78. The molecule has 2 heterocycles. The molecule has 206 valence electrons. The van der Waals surface area contributed by atoms with Gasteiger partial charge in [0.15, 0.2) is 5.76 Å². The monoisotopic (exact) mass is 531 g/mol. The van der Waals surface area contributed by atoms with E-state index >= 15 is 0 Å². The zero-order chi connectivity index (χ0) is 28.1. The van der Waals surface area contributed by atoms with Crippen LogP contribution in [0.15, 0.2) is 22.1 Å². The molecule has 0 radical (unpaired) electrons. The number of carboxylic acid groups (broad SMARTS) is 2. The van der Waals surface area contributed by atoms with Crippen molar-refractivity contribution in [2.45, 2.75) is 76.4 Å². The molecule has 3 atom stereocenters. The summed E-state index contributed by atoms with van der Waals surface area (Å²) >= 11 is 0. The molecule has 13 nitrogen and oxygen atoms in total. The number of carbonyl (C=O) groups is 5. The molecule has 1 aromatic rings. The molecule has 3 amide bonds. The molecule has 0 aromatic carbocycles. The van der Waals surface area contributed by atoms with Gasteiger partial charge in [-0.05, 0) is 44.6 Å². The first kappa shape index (κ1) is 28.6. The lowest BCUT2D eigenvalue weighted by atomic mass is 9.87. The molecule has 3 rings (SSSR count). The van der Waals surface area contributed by atoms with Crippen molar-refractivity contribution >= 4 is 35.5 Å². The Kier molecular flexibility index (Phi) is 9.04. The Balaban J connectivity index is 2.07. The molecule has 1 saturated carbocycles. The summed E-state index contributed by atoms with van der Waals surface area (Å²) in [4.78, 5) is 65.5. The lowest BCUT2D eigenvalue weighted by Crippen LogP contribution is -2.56. The molecule has 1 aliphatic carbocycles. The fourth-order valence-electron chi connectivity index (χ4n) is 5.03. The molecule has 1 unspecified atom stereocenters. The standard InChI is InChI=1S/C25H33N5O8/c1-13(26)23(35)29-10-4-7-17(29)24(36)30(16-6-3-2-5-14(16)11-21(33)34)25(37)19-12-15(22(27)28)18(38-19)8-9-20(31)32/h11-13,16-17H,2-10,26H2,1H3,(H3,27,28)(H,31,32)(H,33,34)/t13-,16?,17-/m0/s1. The lowest BCUT2D eigenvalue weighted by Gasteiger charge is -2.37. The number of hydrogen-bond acceptors (Lipinski definition) is 8. The summed E-state index contributed by atoms with van der Waals surface area (Å²) in [5.41, 5.74) is 11.8. The van der Waals surface area contributed by atoms with Crippen LogP contribution in [-0.4, -0.2) is 80.2 Å². The average Bonchev–Trinajstić information content (AvgIpc) is 3.50. The van der Waals surface area contributed by atoms with Crippen molar-refractivity contribution in [2.75, 3.05) is 6.54 Å². The zero-order valence-electron chi connectivity index (χ0n) is 21.1. The van der Waals surface area contributed by atoms with Gasteiger partial charge in [0.2, 0.25) is 5.91 Å². The van der Waals surface area contributed by atoms with Crippen LogP contribution in [0.2, 0.25) is 0 Å². The summed E-state index contributed by atoms with van der Waals surface area (Å²) in [5.74, 6) is -5.12. The van der Waals surface area contributed by atoms with Crippen molar-refractivity contribution in [1.82, 2.24) is 9.80 Å². The van der Waals surface area contributed by atoms with E-state index in [1.54, 1.807) is 0 Å². The predicted octanol–water partition coefficient (Wildman–Crippen LogP) is 0.841. The molecule has 13 heteroatoms. The molecule has 7 N–H and O–H groups in total. The summed E-state index contributed by atoms with van der Waals surface area (Å²) in [6.07, 6.45) is 3.33. The number of hydrogen-bond donors (Lipinski definition) is 5. The molecule has 38 heavy (non-hydrogen) atoms. The minimum absolute atomic E-state index is 0.00946. The van der Waals surface area contributed by atoms with Gasteiger partial charge in [0.1, 0.15) is 17.6 Å². The van der Waals surface area contributed by atoms with Crippen LogP contribution in [0, 0.1) is 5.41 Å². The molecule has 1 aromatic heterocycles. The molecule has 0 spiro atoms. The van der Waals surface area contributed by atoms with Gasteiger partial charge in [-0.2, -0.15) is 0 Å². The Bertz CT molecular complexity index is 1170. The van der Waals surface area contributed by atoms with Gasteiger partial charge in [0.05, 0.1) is 24.1 Å². The molecule has 1 aliphatic heterocycles. The highest BCUT2D eigenvalue weighted by Gasteiger charge is 2.44. The van der Waals surface area contributed by atoms with Crippen LogP contribution in [-0.2, 0) is 25.6 Å². The number of carboxylic acids is 2. The smallest absolute Gasteiger partial charge is 0.328 e. The van der Waals surface area contributed by atoms with Gasteiger partial charge in [-0.3, -0.25) is 29.5 Å². The normalized spacial score (nSPS) is 21.2. The van der Waals surface area contributed by atoms with Crippen molar-refractivity contribution in [3.8, 4) is 0 Å². The van der Waals surface area contributed by atoms with Crippen LogP contribution in [0.3, 0.4) is 0 Å². The SMILES string of the molecule is C[C@H](N)C(=O)N1CCC[C@H]1C(=O)N(C(=O)c1cc(C(=N)N)c(CCC(=O)O)o1)C1CCCCC1=CC(=O)O. The molecular weight excluding hydrogens is 498 g/mol. The summed E-state index contributed by atoms with van der Waals surface area (Å²) in [5, 5.41) is 26.3. The number of aryl methyl sites for hydroxylation is 1. The van der Waals surface area contributed by atoms with E-state index in [2.05, 4.69) is 0 Å². The van der Waals surface area contributed by atoms with Crippen LogP contribution in [0.5, 0.6) is 0 Å². The number of aliphatic carboxylic acids is 2. The molecule has 2 aliphatic rings. The maximum absolute atomic E-state index is 14.0. The minimum Gasteiger partial charge on any atom is -0.481 e. The largest absolute Gasteiger partial charge is 0.481 e. The quantitative estimate of drug-likeness (QED) is 0.131. The van der Waals surface area contributed by atoms with Gasteiger partial charge in [-0.1, -0.05) is 6.42 Å². The summed E-state index contributed by atoms with van der Waals surface area (Å²) in [7, 11) is 0. The highest BCUT2D eigenvalue weighted by Crippen LogP contribution is 2.32. The van der Waals surface area contributed by atoms with E-state index in [1.807, 2.05) is 0 Å². The second-order valence-electron chi connectivity index (χ2n) is 9.57. The number of rotatable bonds is 9. The lowest BCUT2D eigenvalue weighted by molar-refractivity contribution is -0.143. The molecule has 2 fully saturated rings. The van der Waals surface area contributed by atoms with Crippen LogP contribution in [0.4, 0.5) is 0 Å². The first-order chi connectivity index (χ1) is 17.9. The van der Waals surface area contributed by atoms with Gasteiger partial charge in [0.25, 0.3) is 11.8 Å². The maximum atomic E-state index is 14.0. The molecule has 1 saturated heterocycles. The van der Waals surface area contributed by atoms with Gasteiger partial charge in [-0.25, -0.2) is 4.79 Å². The van der Waals surface area contributed by atoms with E-state index in [4.69, 9.17) is 26.4 Å². The Morgan fingerprint density at radius 1 is 1.21 bits per heavy atom. The van der Waals surface area contributed by atoms with Crippen LogP contribution >= 0.6 is 0 Å². The molecular formula is C25H33N5O8. The first-order valence-corrected chi connectivity index (χ1v) is 12.5. The van der Waals surface area contributed by atoms with Gasteiger partial charge in [-0.15, -0.1) is 0 Å². The van der Waals surface area contributed by atoms with Crippen LogP contribution < -0.4 is 11.5 Å². The van der Waals surface area contributed by atoms with E-state index in [-0.39, 0.29) is 36.5 Å². The Labute approximate surface area is 218 Å². The van der Waals surface area contributed by atoms with Crippen molar-refractivity contribution in [2.24, 2.45) is 11.5 Å². The topological polar surface area (TPSA) is 221 Å².